The monoisotopic (exact) mass is 401 g/mol. The fourth-order valence-electron chi connectivity index (χ4n) is 6.27. The summed E-state index contributed by atoms with van der Waals surface area (Å²) in [6, 6.07) is 4.91. The normalized spacial score (nSPS) is 26.9. The van der Waals surface area contributed by atoms with Crippen molar-refractivity contribution in [1.82, 2.24) is 5.32 Å². The van der Waals surface area contributed by atoms with Crippen LogP contribution in [-0.2, 0) is 11.8 Å². The third kappa shape index (κ3) is 4.51. The van der Waals surface area contributed by atoms with E-state index in [1.807, 2.05) is 0 Å². The highest BCUT2D eigenvalue weighted by molar-refractivity contribution is 5.51. The molecule has 0 spiro atoms. The predicted octanol–water partition coefficient (Wildman–Crippen LogP) is 5.58. The molecule has 0 radical (unpaired) electrons. The zero-order valence-electron chi connectivity index (χ0n) is 19.8. The topological polar surface area (TPSA) is 41.5 Å². The van der Waals surface area contributed by atoms with Crippen molar-refractivity contribution in [2.45, 2.75) is 104 Å². The van der Waals surface area contributed by atoms with E-state index < -0.39 is 6.10 Å². The largest absolute Gasteiger partial charge is 0.491 e. The van der Waals surface area contributed by atoms with Gasteiger partial charge in [-0.25, -0.2) is 0 Å². The van der Waals surface area contributed by atoms with Crippen LogP contribution in [0, 0.1) is 11.3 Å². The summed E-state index contributed by atoms with van der Waals surface area (Å²) < 4.78 is 6.18. The Morgan fingerprint density at radius 2 is 1.86 bits per heavy atom. The number of benzene rings is 1. The minimum absolute atomic E-state index is 0.276. The zero-order valence-corrected chi connectivity index (χ0v) is 19.8. The van der Waals surface area contributed by atoms with E-state index in [1.54, 1.807) is 5.56 Å². The van der Waals surface area contributed by atoms with Gasteiger partial charge in [0.25, 0.3) is 0 Å². The fourth-order valence-corrected chi connectivity index (χ4v) is 6.27. The number of hydrogen-bond donors (Lipinski definition) is 2. The highest BCUT2D eigenvalue weighted by Gasteiger charge is 2.50. The van der Waals surface area contributed by atoms with E-state index in [9.17, 15) is 5.11 Å². The molecule has 2 aliphatic carbocycles. The van der Waals surface area contributed by atoms with E-state index in [0.29, 0.717) is 30.5 Å². The van der Waals surface area contributed by atoms with Crippen molar-refractivity contribution < 1.29 is 9.84 Å². The van der Waals surface area contributed by atoms with E-state index in [1.165, 1.54) is 36.8 Å². The molecule has 0 heterocycles. The van der Waals surface area contributed by atoms with Gasteiger partial charge in [0.15, 0.2) is 0 Å². The molecule has 1 aromatic carbocycles. The molecule has 1 saturated carbocycles. The van der Waals surface area contributed by atoms with Crippen LogP contribution in [0.5, 0.6) is 5.75 Å². The third-order valence-electron chi connectivity index (χ3n) is 7.62. The number of ether oxygens (including phenoxy) is 1. The quantitative estimate of drug-likeness (QED) is 0.627. The lowest BCUT2D eigenvalue weighted by atomic mass is 9.50. The Morgan fingerprint density at radius 3 is 2.52 bits per heavy atom. The molecular weight excluding hydrogens is 358 g/mol. The molecular formula is C26H43NO2. The maximum absolute atomic E-state index is 10.3. The van der Waals surface area contributed by atoms with E-state index in [0.717, 1.165) is 18.1 Å². The van der Waals surface area contributed by atoms with Crippen molar-refractivity contribution in [3.63, 3.8) is 0 Å². The van der Waals surface area contributed by atoms with Crippen molar-refractivity contribution >= 4 is 0 Å². The number of hydrogen-bond acceptors (Lipinski definition) is 3. The molecule has 0 amide bonds. The number of rotatable bonds is 7. The maximum atomic E-state index is 10.3. The van der Waals surface area contributed by atoms with Gasteiger partial charge >= 0.3 is 0 Å². The van der Waals surface area contributed by atoms with Gasteiger partial charge in [-0.15, -0.1) is 0 Å². The molecule has 1 aromatic rings. The van der Waals surface area contributed by atoms with Crippen LogP contribution in [0.3, 0.4) is 0 Å². The van der Waals surface area contributed by atoms with E-state index >= 15 is 0 Å². The summed E-state index contributed by atoms with van der Waals surface area (Å²) in [5.41, 5.74) is 5.17. The van der Waals surface area contributed by atoms with Gasteiger partial charge in [0, 0.05) is 18.2 Å². The van der Waals surface area contributed by atoms with Gasteiger partial charge in [0.1, 0.15) is 18.5 Å². The second-order valence-corrected chi connectivity index (χ2v) is 11.0. The Bertz CT molecular complexity index is 709. The minimum Gasteiger partial charge on any atom is -0.491 e. The molecule has 0 saturated heterocycles. The SMILES string of the molecule is CC(C)NCC(O)COc1ccc2c(c1C(C)C)CC[C@H]1C(C)(C)CCC[C@]21C. The van der Waals surface area contributed by atoms with Crippen molar-refractivity contribution in [3.8, 4) is 5.75 Å². The number of nitrogens with one attached hydrogen (secondary N) is 1. The second-order valence-electron chi connectivity index (χ2n) is 11.0. The maximum Gasteiger partial charge on any atom is 0.123 e. The van der Waals surface area contributed by atoms with Gasteiger partial charge in [-0.2, -0.15) is 0 Å². The van der Waals surface area contributed by atoms with Gasteiger partial charge in [-0.05, 0) is 65.5 Å². The molecule has 3 rings (SSSR count). The summed E-state index contributed by atoms with van der Waals surface area (Å²) in [4.78, 5) is 0. The molecule has 164 valence electrons. The molecule has 2 N–H and O–H groups in total. The molecule has 0 aromatic heterocycles. The Hall–Kier alpha value is -1.06. The molecule has 3 atom stereocenters. The van der Waals surface area contributed by atoms with E-state index in [4.69, 9.17) is 4.74 Å². The van der Waals surface area contributed by atoms with Gasteiger partial charge in [0.05, 0.1) is 0 Å². The Balaban J connectivity index is 1.88. The van der Waals surface area contributed by atoms with Gasteiger partial charge in [-0.3, -0.25) is 0 Å². The lowest BCUT2D eigenvalue weighted by Crippen LogP contribution is -2.48. The smallest absolute Gasteiger partial charge is 0.123 e. The summed E-state index contributed by atoms with van der Waals surface area (Å²) in [5.74, 6) is 2.15. The Labute approximate surface area is 178 Å². The molecule has 1 fully saturated rings. The lowest BCUT2D eigenvalue weighted by Gasteiger charge is -2.54. The molecule has 0 aliphatic heterocycles. The highest BCUT2D eigenvalue weighted by atomic mass is 16.5. The van der Waals surface area contributed by atoms with Crippen LogP contribution in [0.15, 0.2) is 12.1 Å². The average Bonchev–Trinajstić information content (AvgIpc) is 2.63. The van der Waals surface area contributed by atoms with Crippen LogP contribution in [-0.4, -0.2) is 30.4 Å². The molecule has 3 heteroatoms. The summed E-state index contributed by atoms with van der Waals surface area (Å²) in [6.45, 7) is 17.1. The summed E-state index contributed by atoms with van der Waals surface area (Å²) in [5, 5.41) is 13.6. The summed E-state index contributed by atoms with van der Waals surface area (Å²) in [7, 11) is 0. The van der Waals surface area contributed by atoms with Crippen molar-refractivity contribution in [2.24, 2.45) is 11.3 Å². The number of aliphatic hydroxyl groups excluding tert-OH is 1. The fraction of sp³-hybridized carbons (Fsp3) is 0.769. The molecule has 0 bridgehead atoms. The lowest BCUT2D eigenvalue weighted by molar-refractivity contribution is 0.0403. The third-order valence-corrected chi connectivity index (χ3v) is 7.62. The van der Waals surface area contributed by atoms with Crippen molar-refractivity contribution in [2.75, 3.05) is 13.2 Å². The zero-order chi connectivity index (χ0) is 21.4. The van der Waals surface area contributed by atoms with Crippen LogP contribution in [0.25, 0.3) is 0 Å². The van der Waals surface area contributed by atoms with Crippen LogP contribution < -0.4 is 10.1 Å². The summed E-state index contributed by atoms with van der Waals surface area (Å²) >= 11 is 0. The minimum atomic E-state index is -0.491. The first kappa shape index (κ1) is 22.6. The first-order valence-electron chi connectivity index (χ1n) is 11.8. The molecule has 1 unspecified atom stereocenters. The average molecular weight is 402 g/mol. The first-order chi connectivity index (χ1) is 13.6. The molecule has 2 aliphatic rings. The Kier molecular flexibility index (Phi) is 6.70. The number of aliphatic hydroxyl groups is 1. The second kappa shape index (κ2) is 8.59. The van der Waals surface area contributed by atoms with Crippen molar-refractivity contribution in [3.05, 3.63) is 28.8 Å². The molecule has 29 heavy (non-hydrogen) atoms. The predicted molar refractivity (Wildman–Crippen MR) is 122 cm³/mol. The van der Waals surface area contributed by atoms with Crippen LogP contribution in [0.2, 0.25) is 0 Å². The standard InChI is InChI=1S/C26H43NO2/c1-17(2)24-20-9-12-23-25(5,6)13-8-14-26(23,7)21(20)10-11-22(24)29-16-19(28)15-27-18(3)4/h10-11,17-19,23,27-28H,8-9,12-16H2,1-7H3/t19?,23-,26+/m0/s1. The first-order valence-corrected chi connectivity index (χ1v) is 11.8. The van der Waals surface area contributed by atoms with Gasteiger partial charge < -0.3 is 15.2 Å². The molecule has 3 nitrogen and oxygen atoms in total. The van der Waals surface area contributed by atoms with Gasteiger partial charge in [-0.1, -0.05) is 61.0 Å². The van der Waals surface area contributed by atoms with Gasteiger partial charge in [0.2, 0.25) is 0 Å². The van der Waals surface area contributed by atoms with Crippen LogP contribution in [0.1, 0.15) is 96.8 Å². The van der Waals surface area contributed by atoms with Crippen molar-refractivity contribution in [1.29, 1.82) is 0 Å². The number of fused-ring (bicyclic) bond motifs is 3. The summed E-state index contributed by atoms with van der Waals surface area (Å²) in [6.07, 6.45) is 5.91. The highest BCUT2D eigenvalue weighted by Crippen LogP contribution is 2.58. The van der Waals surface area contributed by atoms with E-state index in [-0.39, 0.29) is 5.41 Å². The van der Waals surface area contributed by atoms with E-state index in [2.05, 4.69) is 65.9 Å². The van der Waals surface area contributed by atoms with Crippen LogP contribution >= 0.6 is 0 Å². The van der Waals surface area contributed by atoms with Crippen LogP contribution in [0.4, 0.5) is 0 Å². The Morgan fingerprint density at radius 1 is 1.14 bits per heavy atom.